The van der Waals surface area contributed by atoms with Crippen LogP contribution in [0.4, 0.5) is 0 Å². The molecule has 0 aliphatic carbocycles. The van der Waals surface area contributed by atoms with Crippen molar-refractivity contribution in [2.45, 2.75) is 6.04 Å². The van der Waals surface area contributed by atoms with E-state index < -0.39 is 0 Å². The quantitative estimate of drug-likeness (QED) is 0.907. The molecular weight excluding hydrogens is 328 g/mol. The molecule has 4 nitrogen and oxygen atoms in total. The van der Waals surface area contributed by atoms with Crippen molar-refractivity contribution >= 4 is 33.2 Å². The molecule has 0 saturated carbocycles. The average molecular weight is 343 g/mol. The third kappa shape index (κ3) is 3.46. The summed E-state index contributed by atoms with van der Waals surface area (Å²) in [5.74, 6) is 0.774. The first kappa shape index (κ1) is 14.3. The summed E-state index contributed by atoms with van der Waals surface area (Å²) in [6, 6.07) is 5.66. The van der Waals surface area contributed by atoms with Gasteiger partial charge in [-0.15, -0.1) is 11.3 Å². The molecule has 0 saturated heterocycles. The Morgan fingerprint density at radius 2 is 2.32 bits per heavy atom. The minimum atomic E-state index is -0.0692. The molecule has 1 atom stereocenters. The highest BCUT2D eigenvalue weighted by Gasteiger charge is 2.19. The fourth-order valence-corrected chi connectivity index (χ4v) is 3.21. The highest BCUT2D eigenvalue weighted by Crippen LogP contribution is 2.23. The zero-order chi connectivity index (χ0) is 13.8. The molecule has 0 bridgehead atoms. The second-order valence-electron chi connectivity index (χ2n) is 4.30. The highest BCUT2D eigenvalue weighted by molar-refractivity contribution is 9.10. The Morgan fingerprint density at radius 1 is 1.53 bits per heavy atom. The standard InChI is InChI=1S/C13H15BrN2O2S/c1-16(2)10(11-4-3-6-18-11)8-15-13(17)12-9(14)5-7-19-12/h3-7,10H,8H2,1-2H3,(H,15,17)/t10-/m1/s1. The Balaban J connectivity index is 2.00. The van der Waals surface area contributed by atoms with E-state index in [1.807, 2.05) is 42.6 Å². The van der Waals surface area contributed by atoms with Crippen molar-refractivity contribution in [1.82, 2.24) is 10.2 Å². The van der Waals surface area contributed by atoms with Crippen LogP contribution in [-0.4, -0.2) is 31.4 Å². The van der Waals surface area contributed by atoms with Gasteiger partial charge in [-0.05, 0) is 53.6 Å². The van der Waals surface area contributed by atoms with Crippen molar-refractivity contribution in [1.29, 1.82) is 0 Å². The molecule has 2 heterocycles. The van der Waals surface area contributed by atoms with Gasteiger partial charge < -0.3 is 9.73 Å². The Hall–Kier alpha value is -1.11. The maximum absolute atomic E-state index is 12.0. The lowest BCUT2D eigenvalue weighted by Crippen LogP contribution is -2.34. The van der Waals surface area contributed by atoms with Gasteiger partial charge in [-0.25, -0.2) is 0 Å². The minimum absolute atomic E-state index is 0.0256. The van der Waals surface area contributed by atoms with Crippen LogP contribution in [0.2, 0.25) is 0 Å². The summed E-state index contributed by atoms with van der Waals surface area (Å²) in [6.07, 6.45) is 1.64. The number of thiophene rings is 1. The Labute approximate surface area is 124 Å². The van der Waals surface area contributed by atoms with Gasteiger partial charge in [-0.3, -0.25) is 9.69 Å². The van der Waals surface area contributed by atoms with E-state index >= 15 is 0 Å². The van der Waals surface area contributed by atoms with Gasteiger partial charge in [0, 0.05) is 11.0 Å². The van der Waals surface area contributed by atoms with E-state index in [4.69, 9.17) is 4.42 Å². The van der Waals surface area contributed by atoms with Crippen molar-refractivity contribution in [3.8, 4) is 0 Å². The van der Waals surface area contributed by atoms with Crippen molar-refractivity contribution < 1.29 is 9.21 Å². The van der Waals surface area contributed by atoms with Gasteiger partial charge in [-0.2, -0.15) is 0 Å². The molecule has 1 amide bonds. The Bertz CT molecular complexity index is 537. The third-order valence-electron chi connectivity index (χ3n) is 2.77. The lowest BCUT2D eigenvalue weighted by atomic mass is 10.2. The number of carbonyl (C=O) groups excluding carboxylic acids is 1. The molecular formula is C13H15BrN2O2S. The summed E-state index contributed by atoms with van der Waals surface area (Å²) < 4.78 is 6.23. The summed E-state index contributed by atoms with van der Waals surface area (Å²) in [6.45, 7) is 0.504. The van der Waals surface area contributed by atoms with Gasteiger partial charge in [0.1, 0.15) is 10.6 Å². The van der Waals surface area contributed by atoms with Gasteiger partial charge in [-0.1, -0.05) is 0 Å². The van der Waals surface area contributed by atoms with Gasteiger partial charge in [0.05, 0.1) is 12.3 Å². The molecule has 0 unspecified atom stereocenters. The molecule has 2 rings (SSSR count). The monoisotopic (exact) mass is 342 g/mol. The van der Waals surface area contributed by atoms with Crippen LogP contribution in [-0.2, 0) is 0 Å². The van der Waals surface area contributed by atoms with Gasteiger partial charge >= 0.3 is 0 Å². The van der Waals surface area contributed by atoms with Crippen molar-refractivity contribution in [3.05, 3.63) is 45.0 Å². The number of furan rings is 1. The van der Waals surface area contributed by atoms with Crippen molar-refractivity contribution in [2.75, 3.05) is 20.6 Å². The normalized spacial score (nSPS) is 12.6. The molecule has 0 aromatic carbocycles. The van der Waals surface area contributed by atoms with E-state index in [9.17, 15) is 4.79 Å². The smallest absolute Gasteiger partial charge is 0.262 e. The summed E-state index contributed by atoms with van der Waals surface area (Å²) in [7, 11) is 3.92. The molecule has 2 aromatic rings. The number of hydrogen-bond donors (Lipinski definition) is 1. The van der Waals surface area contributed by atoms with Crippen LogP contribution in [0.1, 0.15) is 21.5 Å². The SMILES string of the molecule is CN(C)[C@H](CNC(=O)c1sccc1Br)c1ccco1. The Morgan fingerprint density at radius 3 is 2.84 bits per heavy atom. The number of nitrogens with zero attached hydrogens (tertiary/aromatic N) is 1. The number of hydrogen-bond acceptors (Lipinski definition) is 4. The largest absolute Gasteiger partial charge is 0.468 e. The van der Waals surface area contributed by atoms with Crippen LogP contribution < -0.4 is 5.32 Å². The summed E-state index contributed by atoms with van der Waals surface area (Å²) in [5.41, 5.74) is 0. The van der Waals surface area contributed by atoms with E-state index in [1.165, 1.54) is 11.3 Å². The Kier molecular flexibility index (Phi) is 4.79. The van der Waals surface area contributed by atoms with Crippen LogP contribution in [0.15, 0.2) is 38.7 Å². The van der Waals surface area contributed by atoms with Crippen LogP contribution in [0.25, 0.3) is 0 Å². The fourth-order valence-electron chi connectivity index (χ4n) is 1.74. The maximum atomic E-state index is 12.0. The van der Waals surface area contributed by atoms with Crippen LogP contribution in [0.5, 0.6) is 0 Å². The second kappa shape index (κ2) is 6.36. The van der Waals surface area contributed by atoms with Gasteiger partial charge in [0.15, 0.2) is 0 Å². The molecule has 0 fully saturated rings. The second-order valence-corrected chi connectivity index (χ2v) is 6.07. The van der Waals surface area contributed by atoms with Gasteiger partial charge in [0.2, 0.25) is 0 Å². The van der Waals surface area contributed by atoms with Crippen LogP contribution in [0, 0.1) is 0 Å². The summed E-state index contributed by atoms with van der Waals surface area (Å²) in [4.78, 5) is 14.8. The van der Waals surface area contributed by atoms with Crippen LogP contribution in [0.3, 0.4) is 0 Å². The first-order valence-electron chi connectivity index (χ1n) is 5.80. The number of halogens is 1. The predicted molar refractivity (Wildman–Crippen MR) is 79.5 cm³/mol. The van der Waals surface area contributed by atoms with Crippen molar-refractivity contribution in [3.63, 3.8) is 0 Å². The number of carbonyl (C=O) groups is 1. The van der Waals surface area contributed by atoms with E-state index in [0.717, 1.165) is 10.2 Å². The molecule has 0 radical (unpaired) electrons. The zero-order valence-corrected chi connectivity index (χ0v) is 13.1. The predicted octanol–water partition coefficient (Wildman–Crippen LogP) is 3.14. The topological polar surface area (TPSA) is 45.5 Å². The minimum Gasteiger partial charge on any atom is -0.468 e. The molecule has 2 aromatic heterocycles. The van der Waals surface area contributed by atoms with Gasteiger partial charge in [0.25, 0.3) is 5.91 Å². The number of amides is 1. The molecule has 102 valence electrons. The summed E-state index contributed by atoms with van der Waals surface area (Å²) >= 11 is 4.78. The fraction of sp³-hybridized carbons (Fsp3) is 0.308. The molecule has 0 aliphatic heterocycles. The van der Waals surface area contributed by atoms with Crippen LogP contribution >= 0.6 is 27.3 Å². The number of rotatable bonds is 5. The third-order valence-corrected chi connectivity index (χ3v) is 4.61. The molecule has 19 heavy (non-hydrogen) atoms. The lowest BCUT2D eigenvalue weighted by molar-refractivity contribution is 0.0942. The zero-order valence-electron chi connectivity index (χ0n) is 10.7. The average Bonchev–Trinajstić information content (AvgIpc) is 3.00. The van der Waals surface area contributed by atoms with E-state index in [-0.39, 0.29) is 11.9 Å². The van der Waals surface area contributed by atoms with Crippen molar-refractivity contribution in [2.24, 2.45) is 0 Å². The lowest BCUT2D eigenvalue weighted by Gasteiger charge is -2.22. The molecule has 1 N–H and O–H groups in total. The van der Waals surface area contributed by atoms with E-state index in [2.05, 4.69) is 21.2 Å². The molecule has 0 aliphatic rings. The number of likely N-dealkylation sites (N-methyl/N-ethyl adjacent to an activating group) is 1. The van der Waals surface area contributed by atoms with E-state index in [1.54, 1.807) is 6.26 Å². The first-order valence-corrected chi connectivity index (χ1v) is 7.48. The summed E-state index contributed by atoms with van der Waals surface area (Å²) in [5, 5.41) is 4.82. The molecule has 6 heteroatoms. The molecule has 0 spiro atoms. The maximum Gasteiger partial charge on any atom is 0.262 e. The highest BCUT2D eigenvalue weighted by atomic mass is 79.9. The number of nitrogens with one attached hydrogen (secondary N) is 1. The first-order chi connectivity index (χ1) is 9.09. The van der Waals surface area contributed by atoms with E-state index in [0.29, 0.717) is 11.4 Å².